The molecule has 0 spiro atoms. The van der Waals surface area contributed by atoms with Gasteiger partial charge in [0.05, 0.1) is 0 Å². The lowest BCUT2D eigenvalue weighted by Crippen LogP contribution is -2.42. The van der Waals surface area contributed by atoms with E-state index in [9.17, 15) is 13.2 Å². The van der Waals surface area contributed by atoms with Gasteiger partial charge in [0.25, 0.3) is 0 Å². The van der Waals surface area contributed by atoms with Gasteiger partial charge in [-0.3, -0.25) is 0 Å². The summed E-state index contributed by atoms with van der Waals surface area (Å²) in [7, 11) is 0. The van der Waals surface area contributed by atoms with Crippen LogP contribution in [0.5, 0.6) is 0 Å². The molecule has 1 rings (SSSR count). The molecular formula is C11H12Cl2F3N. The van der Waals surface area contributed by atoms with Crippen LogP contribution < -0.4 is 5.32 Å². The largest absolute Gasteiger partial charge is 0.403 e. The predicted octanol–water partition coefficient (Wildman–Crippen LogP) is 3.99. The zero-order valence-electron chi connectivity index (χ0n) is 8.90. The van der Waals surface area contributed by atoms with E-state index in [1.165, 1.54) is 0 Å². The van der Waals surface area contributed by atoms with Crippen LogP contribution >= 0.6 is 23.2 Å². The monoisotopic (exact) mass is 285 g/mol. The van der Waals surface area contributed by atoms with Gasteiger partial charge in [-0.2, -0.15) is 13.2 Å². The molecule has 0 radical (unpaired) electrons. The van der Waals surface area contributed by atoms with E-state index in [0.717, 1.165) is 5.56 Å². The van der Waals surface area contributed by atoms with Crippen molar-refractivity contribution in [3.8, 4) is 0 Å². The molecule has 1 nitrogen and oxygen atoms in total. The van der Waals surface area contributed by atoms with Crippen LogP contribution in [0.1, 0.15) is 12.0 Å². The Kier molecular flexibility index (Phi) is 5.56. The van der Waals surface area contributed by atoms with Gasteiger partial charge in [0.15, 0.2) is 0 Å². The van der Waals surface area contributed by atoms with Gasteiger partial charge >= 0.3 is 6.18 Å². The number of alkyl halides is 4. The minimum Gasteiger partial charge on any atom is -0.302 e. The second kappa shape index (κ2) is 6.47. The molecule has 0 aliphatic heterocycles. The fraction of sp³-hybridized carbons (Fsp3) is 0.455. The topological polar surface area (TPSA) is 12.0 Å². The van der Waals surface area contributed by atoms with Gasteiger partial charge < -0.3 is 5.32 Å². The van der Waals surface area contributed by atoms with Crippen molar-refractivity contribution in [2.75, 3.05) is 5.88 Å². The van der Waals surface area contributed by atoms with Crippen LogP contribution in [0.2, 0.25) is 5.02 Å². The van der Waals surface area contributed by atoms with Crippen molar-refractivity contribution in [3.63, 3.8) is 0 Å². The minimum atomic E-state index is -4.28. The zero-order valence-corrected chi connectivity index (χ0v) is 10.4. The van der Waals surface area contributed by atoms with E-state index in [1.54, 1.807) is 24.3 Å². The summed E-state index contributed by atoms with van der Waals surface area (Å²) in [6, 6.07) is 5.08. The second-order valence-electron chi connectivity index (χ2n) is 3.58. The minimum absolute atomic E-state index is 0.0300. The SMILES string of the molecule is FC(F)(F)C(CCCl)NCc1ccc(Cl)cc1. The van der Waals surface area contributed by atoms with E-state index in [-0.39, 0.29) is 18.8 Å². The number of hydrogen-bond donors (Lipinski definition) is 1. The maximum atomic E-state index is 12.5. The van der Waals surface area contributed by atoms with Crippen LogP contribution in [-0.4, -0.2) is 18.1 Å². The fourth-order valence-corrected chi connectivity index (χ4v) is 1.68. The zero-order chi connectivity index (χ0) is 12.9. The third-order valence-corrected chi connectivity index (χ3v) is 2.73. The van der Waals surface area contributed by atoms with Crippen molar-refractivity contribution in [3.05, 3.63) is 34.9 Å². The van der Waals surface area contributed by atoms with Crippen molar-refractivity contribution in [2.24, 2.45) is 0 Å². The second-order valence-corrected chi connectivity index (χ2v) is 4.39. The van der Waals surface area contributed by atoms with Crippen LogP contribution in [0.25, 0.3) is 0 Å². The van der Waals surface area contributed by atoms with Crippen molar-refractivity contribution in [1.29, 1.82) is 0 Å². The van der Waals surface area contributed by atoms with Crippen LogP contribution in [0, 0.1) is 0 Å². The summed E-state index contributed by atoms with van der Waals surface area (Å²) in [5.74, 6) is -0.0300. The number of halogens is 5. The van der Waals surface area contributed by atoms with Crippen LogP contribution in [0.3, 0.4) is 0 Å². The molecule has 0 amide bonds. The third-order valence-electron chi connectivity index (χ3n) is 2.26. The van der Waals surface area contributed by atoms with E-state index in [0.29, 0.717) is 5.02 Å². The quantitative estimate of drug-likeness (QED) is 0.807. The van der Waals surface area contributed by atoms with Gasteiger partial charge in [-0.1, -0.05) is 23.7 Å². The lowest BCUT2D eigenvalue weighted by molar-refractivity contribution is -0.156. The van der Waals surface area contributed by atoms with Gasteiger partial charge in [0, 0.05) is 17.4 Å². The summed E-state index contributed by atoms with van der Waals surface area (Å²) in [5, 5.41) is 3.00. The molecule has 1 aromatic rings. The molecule has 0 saturated heterocycles. The number of rotatable bonds is 5. The average molecular weight is 286 g/mol. The van der Waals surface area contributed by atoms with E-state index < -0.39 is 12.2 Å². The van der Waals surface area contributed by atoms with Crippen LogP contribution in [-0.2, 0) is 6.54 Å². The molecule has 0 aliphatic rings. The van der Waals surface area contributed by atoms with Gasteiger partial charge in [-0.05, 0) is 24.1 Å². The number of benzene rings is 1. The van der Waals surface area contributed by atoms with E-state index >= 15 is 0 Å². The van der Waals surface area contributed by atoms with E-state index in [4.69, 9.17) is 23.2 Å². The number of hydrogen-bond acceptors (Lipinski definition) is 1. The smallest absolute Gasteiger partial charge is 0.302 e. The molecule has 1 unspecified atom stereocenters. The first-order valence-electron chi connectivity index (χ1n) is 5.04. The predicted molar refractivity (Wildman–Crippen MR) is 63.5 cm³/mol. The van der Waals surface area contributed by atoms with Gasteiger partial charge in [0.2, 0.25) is 0 Å². The molecule has 0 heterocycles. The molecule has 1 N–H and O–H groups in total. The standard InChI is InChI=1S/C11H12Cl2F3N/c12-6-5-10(11(14,15)16)17-7-8-1-3-9(13)4-2-8/h1-4,10,17H,5-7H2. The lowest BCUT2D eigenvalue weighted by atomic mass is 10.2. The summed E-state index contributed by atoms with van der Waals surface area (Å²) in [4.78, 5) is 0. The van der Waals surface area contributed by atoms with Crippen molar-refractivity contribution >= 4 is 23.2 Å². The van der Waals surface area contributed by atoms with Crippen molar-refractivity contribution in [1.82, 2.24) is 5.32 Å². The molecule has 0 aromatic heterocycles. The van der Waals surface area contributed by atoms with E-state index in [1.807, 2.05) is 0 Å². The highest BCUT2D eigenvalue weighted by atomic mass is 35.5. The van der Waals surface area contributed by atoms with E-state index in [2.05, 4.69) is 5.32 Å². The molecule has 17 heavy (non-hydrogen) atoms. The first-order valence-corrected chi connectivity index (χ1v) is 5.95. The fourth-order valence-electron chi connectivity index (χ4n) is 1.33. The Hall–Kier alpha value is -0.450. The molecule has 6 heteroatoms. The molecule has 0 bridgehead atoms. The molecule has 96 valence electrons. The van der Waals surface area contributed by atoms with Crippen molar-refractivity contribution in [2.45, 2.75) is 25.2 Å². The summed E-state index contributed by atoms with van der Waals surface area (Å²) in [5.41, 5.74) is 0.748. The highest BCUT2D eigenvalue weighted by molar-refractivity contribution is 6.30. The van der Waals surface area contributed by atoms with Crippen molar-refractivity contribution < 1.29 is 13.2 Å². The Morgan fingerprint density at radius 1 is 1.18 bits per heavy atom. The number of nitrogens with one attached hydrogen (secondary N) is 1. The summed E-state index contributed by atoms with van der Waals surface area (Å²) >= 11 is 11.0. The first-order chi connectivity index (χ1) is 7.93. The summed E-state index contributed by atoms with van der Waals surface area (Å²) in [6.07, 6.45) is -4.42. The van der Waals surface area contributed by atoms with Gasteiger partial charge in [-0.15, -0.1) is 11.6 Å². The highest BCUT2D eigenvalue weighted by Gasteiger charge is 2.38. The Bertz CT molecular complexity index is 338. The Labute approximate surface area is 108 Å². The summed E-state index contributed by atoms with van der Waals surface area (Å²) < 4.78 is 37.6. The Morgan fingerprint density at radius 3 is 2.24 bits per heavy atom. The maximum absolute atomic E-state index is 12.5. The molecule has 0 fully saturated rings. The van der Waals surface area contributed by atoms with Gasteiger partial charge in [-0.25, -0.2) is 0 Å². The molecule has 0 aliphatic carbocycles. The average Bonchev–Trinajstić information content (AvgIpc) is 2.25. The third kappa shape index (κ3) is 5.15. The summed E-state index contributed by atoms with van der Waals surface area (Å²) in [6.45, 7) is 0.137. The molecule has 1 aromatic carbocycles. The van der Waals surface area contributed by atoms with Crippen LogP contribution in [0.4, 0.5) is 13.2 Å². The normalized spacial score (nSPS) is 13.7. The molecule has 0 saturated carbocycles. The Morgan fingerprint density at radius 2 is 1.76 bits per heavy atom. The maximum Gasteiger partial charge on any atom is 0.403 e. The first kappa shape index (κ1) is 14.6. The van der Waals surface area contributed by atoms with Gasteiger partial charge in [0.1, 0.15) is 6.04 Å². The molecular weight excluding hydrogens is 274 g/mol. The highest BCUT2D eigenvalue weighted by Crippen LogP contribution is 2.23. The lowest BCUT2D eigenvalue weighted by Gasteiger charge is -2.20. The van der Waals surface area contributed by atoms with Crippen LogP contribution in [0.15, 0.2) is 24.3 Å². The molecule has 1 atom stereocenters. The Balaban J connectivity index is 2.54.